The number of aromatic hydroxyl groups is 1. The van der Waals surface area contributed by atoms with Crippen LogP contribution in [0.1, 0.15) is 37.4 Å². The Morgan fingerprint density at radius 1 is 1.42 bits per heavy atom. The zero-order valence-corrected chi connectivity index (χ0v) is 12.4. The summed E-state index contributed by atoms with van der Waals surface area (Å²) >= 11 is 0. The third-order valence-corrected chi connectivity index (χ3v) is 6.13. The zero-order valence-electron chi connectivity index (χ0n) is 11.6. The van der Waals surface area contributed by atoms with Gasteiger partial charge in [0.2, 0.25) is 0 Å². The van der Waals surface area contributed by atoms with Crippen molar-refractivity contribution < 1.29 is 13.5 Å². The first kappa shape index (κ1) is 14.3. The molecule has 2 rings (SSSR count). The van der Waals surface area contributed by atoms with Crippen LogP contribution in [0.15, 0.2) is 18.2 Å². The van der Waals surface area contributed by atoms with Gasteiger partial charge in [0.25, 0.3) is 0 Å². The van der Waals surface area contributed by atoms with Gasteiger partial charge in [-0.1, -0.05) is 6.07 Å². The first-order valence-electron chi connectivity index (χ1n) is 6.45. The van der Waals surface area contributed by atoms with E-state index in [1.54, 1.807) is 26.0 Å². The van der Waals surface area contributed by atoms with Crippen LogP contribution in [0.3, 0.4) is 0 Å². The quantitative estimate of drug-likeness (QED) is 0.884. The molecule has 0 saturated carbocycles. The second-order valence-corrected chi connectivity index (χ2v) is 8.54. The number of phenolic OH excluding ortho intramolecular Hbond substituents is 1. The number of phenols is 1. The monoisotopic (exact) mass is 283 g/mol. The van der Waals surface area contributed by atoms with Crippen LogP contribution in [0.5, 0.6) is 5.75 Å². The minimum absolute atomic E-state index is 0.177. The van der Waals surface area contributed by atoms with Crippen LogP contribution < -0.4 is 5.32 Å². The minimum Gasteiger partial charge on any atom is -0.508 e. The van der Waals surface area contributed by atoms with Crippen LogP contribution >= 0.6 is 0 Å². The van der Waals surface area contributed by atoms with Crippen LogP contribution in [-0.4, -0.2) is 31.1 Å². The maximum absolute atomic E-state index is 11.7. The fourth-order valence-corrected chi connectivity index (χ4v) is 2.66. The third-order valence-electron chi connectivity index (χ3n) is 3.98. The Kier molecular flexibility index (Phi) is 3.62. The van der Waals surface area contributed by atoms with Crippen molar-refractivity contribution >= 4 is 9.84 Å². The minimum atomic E-state index is -3.08. The SMILES string of the molecule is CC(C)(CNC1CCc2cc(O)ccc21)S(C)(=O)=O. The highest BCUT2D eigenvalue weighted by Crippen LogP contribution is 2.33. The molecule has 0 heterocycles. The molecule has 19 heavy (non-hydrogen) atoms. The number of rotatable bonds is 4. The van der Waals surface area contributed by atoms with Crippen molar-refractivity contribution in [2.75, 3.05) is 12.8 Å². The largest absolute Gasteiger partial charge is 0.508 e. The molecule has 1 unspecified atom stereocenters. The molecule has 1 aromatic carbocycles. The summed E-state index contributed by atoms with van der Waals surface area (Å²) in [6.45, 7) is 3.90. The van der Waals surface area contributed by atoms with Crippen LogP contribution in [0, 0.1) is 0 Å². The lowest BCUT2D eigenvalue weighted by Crippen LogP contribution is -2.42. The lowest BCUT2D eigenvalue weighted by molar-refractivity contribution is 0.469. The average molecular weight is 283 g/mol. The van der Waals surface area contributed by atoms with Gasteiger partial charge in [0, 0.05) is 18.8 Å². The van der Waals surface area contributed by atoms with Crippen molar-refractivity contribution in [1.82, 2.24) is 5.32 Å². The van der Waals surface area contributed by atoms with E-state index in [2.05, 4.69) is 5.32 Å². The van der Waals surface area contributed by atoms with E-state index in [4.69, 9.17) is 0 Å². The van der Waals surface area contributed by atoms with Crippen molar-refractivity contribution in [3.8, 4) is 5.75 Å². The maximum Gasteiger partial charge on any atom is 0.153 e. The third kappa shape index (κ3) is 2.92. The number of sulfone groups is 1. The van der Waals surface area contributed by atoms with Crippen molar-refractivity contribution in [3.05, 3.63) is 29.3 Å². The molecule has 0 aromatic heterocycles. The molecule has 0 radical (unpaired) electrons. The van der Waals surface area contributed by atoms with Crippen LogP contribution in [0.2, 0.25) is 0 Å². The fraction of sp³-hybridized carbons (Fsp3) is 0.571. The summed E-state index contributed by atoms with van der Waals surface area (Å²) in [7, 11) is -3.08. The van der Waals surface area contributed by atoms with Gasteiger partial charge in [-0.15, -0.1) is 0 Å². The predicted molar refractivity (Wildman–Crippen MR) is 76.1 cm³/mol. The molecule has 0 fully saturated rings. The second kappa shape index (κ2) is 4.80. The van der Waals surface area contributed by atoms with Gasteiger partial charge in [0.05, 0.1) is 4.75 Å². The summed E-state index contributed by atoms with van der Waals surface area (Å²) in [6, 6.07) is 5.57. The zero-order chi connectivity index (χ0) is 14.3. The van der Waals surface area contributed by atoms with E-state index >= 15 is 0 Å². The van der Waals surface area contributed by atoms with Gasteiger partial charge in [-0.05, 0) is 49.9 Å². The number of fused-ring (bicyclic) bond motifs is 1. The van der Waals surface area contributed by atoms with Gasteiger partial charge in [-0.25, -0.2) is 8.42 Å². The Hall–Kier alpha value is -1.07. The molecule has 0 spiro atoms. The van der Waals surface area contributed by atoms with E-state index in [0.717, 1.165) is 18.4 Å². The Labute approximate surface area is 114 Å². The number of hydrogen-bond acceptors (Lipinski definition) is 4. The molecular weight excluding hydrogens is 262 g/mol. The van der Waals surface area contributed by atoms with Crippen LogP contribution in [-0.2, 0) is 16.3 Å². The van der Waals surface area contributed by atoms with Crippen molar-refractivity contribution in [3.63, 3.8) is 0 Å². The molecule has 5 heteroatoms. The molecule has 0 bridgehead atoms. The van der Waals surface area contributed by atoms with Gasteiger partial charge < -0.3 is 10.4 Å². The number of hydrogen-bond donors (Lipinski definition) is 2. The number of nitrogens with one attached hydrogen (secondary N) is 1. The second-order valence-electron chi connectivity index (χ2n) is 5.89. The molecule has 0 saturated heterocycles. The van der Waals surface area contributed by atoms with Gasteiger partial charge >= 0.3 is 0 Å². The molecule has 1 aliphatic rings. The summed E-state index contributed by atoms with van der Waals surface area (Å²) in [4.78, 5) is 0. The molecule has 4 nitrogen and oxygen atoms in total. The number of benzene rings is 1. The smallest absolute Gasteiger partial charge is 0.153 e. The van der Waals surface area contributed by atoms with E-state index in [-0.39, 0.29) is 11.8 Å². The van der Waals surface area contributed by atoms with Crippen LogP contribution in [0.4, 0.5) is 0 Å². The summed E-state index contributed by atoms with van der Waals surface area (Å²) in [5, 5.41) is 12.8. The highest BCUT2D eigenvalue weighted by atomic mass is 32.2. The Bertz CT molecular complexity index is 578. The molecule has 1 aromatic rings. The van der Waals surface area contributed by atoms with E-state index in [0.29, 0.717) is 6.54 Å². The predicted octanol–water partition coefficient (Wildman–Crippen LogP) is 1.79. The van der Waals surface area contributed by atoms with Gasteiger partial charge in [-0.2, -0.15) is 0 Å². The summed E-state index contributed by atoms with van der Waals surface area (Å²) < 4.78 is 22.6. The van der Waals surface area contributed by atoms with Gasteiger partial charge in [0.15, 0.2) is 9.84 Å². The number of aryl methyl sites for hydroxylation is 1. The molecule has 0 aliphatic heterocycles. The Morgan fingerprint density at radius 2 is 2.11 bits per heavy atom. The normalized spacial score (nSPS) is 19.4. The van der Waals surface area contributed by atoms with E-state index < -0.39 is 14.6 Å². The van der Waals surface area contributed by atoms with Crippen LogP contribution in [0.25, 0.3) is 0 Å². The Balaban J connectivity index is 2.08. The molecular formula is C14H21NO3S. The van der Waals surface area contributed by atoms with Crippen molar-refractivity contribution in [2.45, 2.75) is 37.5 Å². The first-order chi connectivity index (χ1) is 8.71. The van der Waals surface area contributed by atoms with Gasteiger partial charge in [0.1, 0.15) is 5.75 Å². The van der Waals surface area contributed by atoms with Crippen molar-refractivity contribution in [1.29, 1.82) is 0 Å². The molecule has 0 amide bonds. The standard InChI is InChI=1S/C14H21NO3S/c1-14(2,19(3,17)18)9-15-13-7-4-10-8-11(16)5-6-12(10)13/h5-6,8,13,15-16H,4,7,9H2,1-3H3. The van der Waals surface area contributed by atoms with Crippen molar-refractivity contribution in [2.24, 2.45) is 0 Å². The van der Waals surface area contributed by atoms with Gasteiger partial charge in [-0.3, -0.25) is 0 Å². The lowest BCUT2D eigenvalue weighted by atomic mass is 10.1. The topological polar surface area (TPSA) is 66.4 Å². The summed E-state index contributed by atoms with van der Waals surface area (Å²) in [6.07, 6.45) is 3.13. The molecule has 2 N–H and O–H groups in total. The van der Waals surface area contributed by atoms with E-state index in [1.807, 2.05) is 6.07 Å². The average Bonchev–Trinajstić information content (AvgIpc) is 2.67. The maximum atomic E-state index is 11.7. The molecule has 1 aliphatic carbocycles. The van der Waals surface area contributed by atoms with E-state index in [9.17, 15) is 13.5 Å². The lowest BCUT2D eigenvalue weighted by Gasteiger charge is -2.25. The summed E-state index contributed by atoms with van der Waals surface area (Å²) in [5.41, 5.74) is 2.32. The first-order valence-corrected chi connectivity index (χ1v) is 8.35. The Morgan fingerprint density at radius 3 is 2.74 bits per heavy atom. The highest BCUT2D eigenvalue weighted by molar-refractivity contribution is 7.92. The summed E-state index contributed by atoms with van der Waals surface area (Å²) in [5.74, 6) is 0.288. The highest BCUT2D eigenvalue weighted by Gasteiger charge is 2.32. The van der Waals surface area contributed by atoms with E-state index in [1.165, 1.54) is 11.8 Å². The molecule has 106 valence electrons. The molecule has 1 atom stereocenters. The fourth-order valence-electron chi connectivity index (χ4n) is 2.32.